The molecule has 1 aromatic heterocycles. The minimum absolute atomic E-state index is 0. The Morgan fingerprint density at radius 3 is 2.11 bits per heavy atom. The van der Waals surface area contributed by atoms with Crippen LogP contribution in [0.15, 0.2) is 28.8 Å². The lowest BCUT2D eigenvalue weighted by Crippen LogP contribution is -1.91. The van der Waals surface area contributed by atoms with Crippen LogP contribution in [0.3, 0.4) is 0 Å². The summed E-state index contributed by atoms with van der Waals surface area (Å²) >= 11 is 0. The van der Waals surface area contributed by atoms with E-state index in [1.807, 2.05) is 52.1 Å². The minimum Gasteiger partial charge on any atom is -0.495 e. The zero-order chi connectivity index (χ0) is 13.5. The molecule has 106 valence electrons. The van der Waals surface area contributed by atoms with E-state index in [-0.39, 0.29) is 7.43 Å². The summed E-state index contributed by atoms with van der Waals surface area (Å²) in [6.07, 6.45) is 0. The number of nitrogens with zero attached hydrogens (tertiary/aromatic N) is 1. The summed E-state index contributed by atoms with van der Waals surface area (Å²) in [6.45, 7) is 5.85. The van der Waals surface area contributed by atoms with Gasteiger partial charge in [0.1, 0.15) is 11.5 Å². The lowest BCUT2D eigenvalue weighted by molar-refractivity contribution is 0.392. The largest absolute Gasteiger partial charge is 0.495 e. The third-order valence-electron chi connectivity index (χ3n) is 2.77. The molecule has 0 aliphatic carbocycles. The molecule has 0 spiro atoms. The molecular formula is C15H24N2O2. The fraction of sp³-hybridized carbons (Fsp3) is 0.400. The Labute approximate surface area is 115 Å². The van der Waals surface area contributed by atoms with Gasteiger partial charge < -0.3 is 14.6 Å². The van der Waals surface area contributed by atoms with Crippen LogP contribution in [0.1, 0.15) is 24.4 Å². The van der Waals surface area contributed by atoms with Gasteiger partial charge in [0.05, 0.1) is 18.5 Å². The number of nitrogens with one attached hydrogen (secondary N) is 1. The smallest absolute Gasteiger partial charge is 0.141 e. The van der Waals surface area contributed by atoms with Gasteiger partial charge in [-0.3, -0.25) is 0 Å². The van der Waals surface area contributed by atoms with Gasteiger partial charge in [0.15, 0.2) is 0 Å². The Morgan fingerprint density at radius 2 is 1.79 bits per heavy atom. The maximum Gasteiger partial charge on any atom is 0.141 e. The van der Waals surface area contributed by atoms with Crippen LogP contribution in [-0.2, 0) is 0 Å². The number of methoxy groups -OCH3 is 1. The topological polar surface area (TPSA) is 47.3 Å². The first kappa shape index (κ1) is 17.0. The molecule has 0 aliphatic rings. The number of hydrogen-bond donors (Lipinski definition) is 1. The van der Waals surface area contributed by atoms with E-state index in [0.29, 0.717) is 0 Å². The van der Waals surface area contributed by atoms with Crippen LogP contribution in [0.5, 0.6) is 5.75 Å². The van der Waals surface area contributed by atoms with E-state index < -0.39 is 0 Å². The summed E-state index contributed by atoms with van der Waals surface area (Å²) < 4.78 is 9.92. The molecule has 0 unspecified atom stereocenters. The number of rotatable bonds is 2. The van der Waals surface area contributed by atoms with Crippen molar-refractivity contribution < 1.29 is 9.26 Å². The first-order valence-corrected chi connectivity index (χ1v) is 5.80. The van der Waals surface area contributed by atoms with Crippen LogP contribution in [0.2, 0.25) is 0 Å². The van der Waals surface area contributed by atoms with E-state index in [4.69, 9.17) is 9.26 Å². The number of hydrogen-bond acceptors (Lipinski definition) is 4. The predicted octanol–water partition coefficient (Wildman–Crippen LogP) is 3.97. The van der Waals surface area contributed by atoms with E-state index in [1.165, 1.54) is 0 Å². The third-order valence-corrected chi connectivity index (χ3v) is 2.77. The quantitative estimate of drug-likeness (QED) is 0.891. The summed E-state index contributed by atoms with van der Waals surface area (Å²) in [6, 6.07) is 7.80. The van der Waals surface area contributed by atoms with Gasteiger partial charge in [-0.05, 0) is 32.9 Å². The molecule has 2 rings (SSSR count). The number of aryl methyl sites for hydroxylation is 2. The molecule has 1 aromatic carbocycles. The number of aromatic nitrogens is 1. The molecule has 2 aromatic rings. The van der Waals surface area contributed by atoms with Gasteiger partial charge in [-0.1, -0.05) is 24.7 Å². The second-order valence-electron chi connectivity index (χ2n) is 3.90. The van der Waals surface area contributed by atoms with Gasteiger partial charge >= 0.3 is 0 Å². The average Bonchev–Trinajstić information content (AvgIpc) is 2.70. The number of anilines is 1. The molecule has 0 fully saturated rings. The molecule has 0 atom stereocenters. The van der Waals surface area contributed by atoms with Gasteiger partial charge in [0.2, 0.25) is 0 Å². The Kier molecular flexibility index (Phi) is 7.34. The van der Waals surface area contributed by atoms with E-state index >= 15 is 0 Å². The van der Waals surface area contributed by atoms with Crippen molar-refractivity contribution in [1.82, 2.24) is 5.16 Å². The van der Waals surface area contributed by atoms with Crippen molar-refractivity contribution >= 4 is 5.69 Å². The molecule has 1 heterocycles. The molecule has 0 saturated carbocycles. The first-order chi connectivity index (χ1) is 8.60. The zero-order valence-electron chi connectivity index (χ0n) is 11.6. The van der Waals surface area contributed by atoms with Gasteiger partial charge in [0, 0.05) is 12.6 Å². The van der Waals surface area contributed by atoms with Gasteiger partial charge in [-0.15, -0.1) is 0 Å². The van der Waals surface area contributed by atoms with Gasteiger partial charge in [-0.2, -0.15) is 0 Å². The monoisotopic (exact) mass is 264 g/mol. The lowest BCUT2D eigenvalue weighted by atomic mass is 10.2. The van der Waals surface area contributed by atoms with Gasteiger partial charge in [-0.25, -0.2) is 0 Å². The fourth-order valence-corrected chi connectivity index (χ4v) is 1.38. The van der Waals surface area contributed by atoms with Crippen LogP contribution >= 0.6 is 0 Å². The summed E-state index contributed by atoms with van der Waals surface area (Å²) in [5.41, 5.74) is 3.16. The fourth-order valence-electron chi connectivity index (χ4n) is 1.38. The normalized spacial score (nSPS) is 8.89. The molecule has 0 radical (unpaired) electrons. The molecule has 4 heteroatoms. The predicted molar refractivity (Wildman–Crippen MR) is 80.0 cm³/mol. The van der Waals surface area contributed by atoms with Crippen LogP contribution < -0.4 is 10.1 Å². The second-order valence-corrected chi connectivity index (χ2v) is 3.90. The molecule has 19 heavy (non-hydrogen) atoms. The van der Waals surface area contributed by atoms with Crippen LogP contribution in [0.25, 0.3) is 0 Å². The number of para-hydroxylation sites is 2. The van der Waals surface area contributed by atoms with Crippen molar-refractivity contribution in [3.05, 3.63) is 41.3 Å². The summed E-state index contributed by atoms with van der Waals surface area (Å²) in [4.78, 5) is 0. The Balaban J connectivity index is 0.000000331. The van der Waals surface area contributed by atoms with Crippen molar-refractivity contribution in [2.75, 3.05) is 19.5 Å². The molecule has 0 saturated heterocycles. The van der Waals surface area contributed by atoms with Crippen molar-refractivity contribution in [1.29, 1.82) is 0 Å². The van der Waals surface area contributed by atoms with E-state index in [9.17, 15) is 0 Å². The van der Waals surface area contributed by atoms with E-state index in [2.05, 4.69) is 10.5 Å². The molecule has 0 bridgehead atoms. The molecule has 4 nitrogen and oxygen atoms in total. The Bertz CT molecular complexity index is 450. The standard InChI is InChI=1S/C8H11NO.C6H9NO.CH4/c1-9-7-5-3-4-6-8(7)10-2;1-4-5(2)7-8-6(4)3;/h3-6,9H,1-2H3;1-3H3;1H4. The first-order valence-electron chi connectivity index (χ1n) is 5.80. The third kappa shape index (κ3) is 4.66. The highest BCUT2D eigenvalue weighted by Crippen LogP contribution is 2.21. The van der Waals surface area contributed by atoms with Crippen molar-refractivity contribution in [3.8, 4) is 5.75 Å². The Morgan fingerprint density at radius 1 is 1.16 bits per heavy atom. The lowest BCUT2D eigenvalue weighted by Gasteiger charge is -2.05. The summed E-state index contributed by atoms with van der Waals surface area (Å²) in [5.74, 6) is 1.80. The maximum atomic E-state index is 5.07. The SMILES string of the molecule is C.CNc1ccccc1OC.Cc1noc(C)c1C. The highest BCUT2D eigenvalue weighted by Gasteiger charge is 1.99. The van der Waals surface area contributed by atoms with E-state index in [1.54, 1.807) is 7.11 Å². The zero-order valence-corrected chi connectivity index (χ0v) is 11.6. The van der Waals surface area contributed by atoms with Crippen molar-refractivity contribution in [2.24, 2.45) is 0 Å². The number of ether oxygens (including phenoxy) is 1. The minimum atomic E-state index is 0. The summed E-state index contributed by atoms with van der Waals surface area (Å²) in [7, 11) is 3.54. The molecule has 1 N–H and O–H groups in total. The average molecular weight is 264 g/mol. The molecule has 0 aliphatic heterocycles. The van der Waals surface area contributed by atoms with Crippen LogP contribution in [0.4, 0.5) is 5.69 Å². The van der Waals surface area contributed by atoms with Crippen LogP contribution in [0, 0.1) is 20.8 Å². The second kappa shape index (κ2) is 8.19. The van der Waals surface area contributed by atoms with Crippen LogP contribution in [-0.4, -0.2) is 19.3 Å². The maximum absolute atomic E-state index is 5.07. The number of benzene rings is 1. The highest BCUT2D eigenvalue weighted by atomic mass is 16.5. The van der Waals surface area contributed by atoms with Gasteiger partial charge in [0.25, 0.3) is 0 Å². The van der Waals surface area contributed by atoms with Crippen molar-refractivity contribution in [3.63, 3.8) is 0 Å². The Hall–Kier alpha value is -1.97. The molecular weight excluding hydrogens is 240 g/mol. The van der Waals surface area contributed by atoms with E-state index in [0.717, 1.165) is 28.5 Å². The highest BCUT2D eigenvalue weighted by molar-refractivity contribution is 5.55. The summed E-state index contributed by atoms with van der Waals surface area (Å²) in [5, 5.41) is 6.76. The van der Waals surface area contributed by atoms with Crippen molar-refractivity contribution in [2.45, 2.75) is 28.2 Å². The molecule has 0 amide bonds.